The van der Waals surface area contributed by atoms with E-state index in [1.807, 2.05) is 0 Å². The number of rotatable bonds is 12. The van der Waals surface area contributed by atoms with Crippen LogP contribution < -0.4 is 16.4 Å². The summed E-state index contributed by atoms with van der Waals surface area (Å²) in [7, 11) is -8.19. The second-order valence-corrected chi connectivity index (χ2v) is 14.5. The molecule has 6 N–H and O–H groups in total. The molecule has 0 saturated heterocycles. The number of carbonyl (C=O) groups is 3. The van der Waals surface area contributed by atoms with Crippen LogP contribution in [0.1, 0.15) is 27.1 Å². The summed E-state index contributed by atoms with van der Waals surface area (Å²) in [6.07, 6.45) is -0.0197. The van der Waals surface area contributed by atoms with E-state index in [9.17, 15) is 45.4 Å². The molecule has 19 heteroatoms. The number of carboxylic acid groups (broad SMARTS) is 2. The van der Waals surface area contributed by atoms with Crippen molar-refractivity contribution in [2.45, 2.75) is 16.2 Å². The molecule has 0 unspecified atom stereocenters. The molecule has 0 bridgehead atoms. The fourth-order valence-corrected chi connectivity index (χ4v) is 7.75. The van der Waals surface area contributed by atoms with Gasteiger partial charge in [-0.25, -0.2) is 21.6 Å². The van der Waals surface area contributed by atoms with E-state index < -0.39 is 75.8 Å². The average molecular weight is 696 g/mol. The van der Waals surface area contributed by atoms with E-state index in [0.717, 1.165) is 24.3 Å². The van der Waals surface area contributed by atoms with Crippen LogP contribution in [0.2, 0.25) is 0 Å². The second-order valence-electron chi connectivity index (χ2n) is 9.17. The molecule has 0 fully saturated rings. The first-order chi connectivity index (χ1) is 21.0. The fraction of sp³-hybridized carbons (Fsp3) is 0.154. The van der Waals surface area contributed by atoms with Crippen LogP contribution in [-0.4, -0.2) is 72.1 Å². The van der Waals surface area contributed by atoms with Crippen molar-refractivity contribution in [3.8, 4) is 22.5 Å². The predicted octanol–water partition coefficient (Wildman–Crippen LogP) is 2.36. The molecule has 1 amide bonds. The Morgan fingerprint density at radius 3 is 2.18 bits per heavy atom. The Hall–Kier alpha value is -4.14. The van der Waals surface area contributed by atoms with E-state index in [1.165, 1.54) is 39.8 Å². The standard InChI is InChI=1S/C26H23N3O12S4/c27-17-5-3-14-20(15-4-6-18(28)24(45(38,39)40)22(15)41-21(14)23(17)44(35,36)37)13-2-1-12(11-16(13)26(33)34)25(32)29-8-10-43-42-9-7-19(30)31/h1-6,11,27H,7-10,28H2,(H,29,32)(H,30,31)(H,33,34)(H,35,36,37)(H,38,39,40)/p-2. The highest BCUT2D eigenvalue weighted by Crippen LogP contribution is 2.45. The Balaban J connectivity index is 1.90. The van der Waals surface area contributed by atoms with Gasteiger partial charge < -0.3 is 34.8 Å². The third-order valence-corrected chi connectivity index (χ3v) is 10.5. The van der Waals surface area contributed by atoms with E-state index in [1.54, 1.807) is 0 Å². The van der Waals surface area contributed by atoms with Crippen molar-refractivity contribution in [1.29, 1.82) is 5.41 Å². The molecule has 2 aromatic carbocycles. The highest BCUT2D eigenvalue weighted by molar-refractivity contribution is 8.76. The summed E-state index contributed by atoms with van der Waals surface area (Å²) in [4.78, 5) is 33.6. The molecule has 2 aliphatic rings. The number of hydrogen-bond donors (Lipinski definition) is 5. The summed E-state index contributed by atoms with van der Waals surface area (Å²) >= 11 is 0. The lowest BCUT2D eigenvalue weighted by molar-refractivity contribution is -0.136. The topological polar surface area (TPSA) is 281 Å². The number of benzene rings is 3. The number of anilines is 1. The van der Waals surface area contributed by atoms with Gasteiger partial charge in [0.25, 0.3) is 5.91 Å². The SMILES string of the molecule is N=c1ccc2c(-c3ccc(C(=O)NCCSSCCC(=O)O)cc3C(=O)O)c3ccc(N)c(S(=O)(=O)[O-])c3oc-2c1S(=O)(=O)[O-]. The number of hydrogen-bond acceptors (Lipinski definition) is 14. The van der Waals surface area contributed by atoms with Crippen molar-refractivity contribution in [2.24, 2.45) is 0 Å². The van der Waals surface area contributed by atoms with Gasteiger partial charge in [-0.15, -0.1) is 0 Å². The fourth-order valence-electron chi connectivity index (χ4n) is 4.42. The van der Waals surface area contributed by atoms with Gasteiger partial charge in [0.05, 0.1) is 23.0 Å². The lowest BCUT2D eigenvalue weighted by atomic mass is 9.89. The molecule has 45 heavy (non-hydrogen) atoms. The molecule has 15 nitrogen and oxygen atoms in total. The number of fused-ring (bicyclic) bond motifs is 2. The molecular formula is C26H21N3O12S4-2. The number of carbonyl (C=O) groups excluding carboxylic acids is 1. The molecule has 0 atom stereocenters. The Labute approximate surface area is 262 Å². The van der Waals surface area contributed by atoms with Gasteiger partial charge in [0, 0.05) is 40.1 Å². The van der Waals surface area contributed by atoms with E-state index in [-0.39, 0.29) is 40.6 Å². The van der Waals surface area contributed by atoms with Crippen LogP contribution in [0.4, 0.5) is 5.69 Å². The maximum atomic E-state index is 12.8. The first-order valence-electron chi connectivity index (χ1n) is 12.4. The van der Waals surface area contributed by atoms with E-state index >= 15 is 0 Å². The van der Waals surface area contributed by atoms with E-state index in [0.29, 0.717) is 11.5 Å². The lowest BCUT2D eigenvalue weighted by Gasteiger charge is -2.22. The van der Waals surface area contributed by atoms with Crippen LogP contribution in [-0.2, 0) is 25.0 Å². The van der Waals surface area contributed by atoms with Crippen molar-refractivity contribution in [3.63, 3.8) is 0 Å². The van der Waals surface area contributed by atoms with Crippen LogP contribution >= 0.6 is 21.6 Å². The van der Waals surface area contributed by atoms with Crippen LogP contribution in [0, 0.1) is 5.41 Å². The monoisotopic (exact) mass is 695 g/mol. The first-order valence-corrected chi connectivity index (χ1v) is 17.7. The van der Waals surface area contributed by atoms with Crippen molar-refractivity contribution < 1.29 is 55.0 Å². The summed E-state index contributed by atoms with van der Waals surface area (Å²) in [6.45, 7) is 0.166. The van der Waals surface area contributed by atoms with Gasteiger partial charge in [0.1, 0.15) is 30.0 Å². The molecule has 1 heterocycles. The molecule has 0 radical (unpaired) electrons. The second kappa shape index (κ2) is 13.1. The molecule has 0 aromatic heterocycles. The number of nitrogen functional groups attached to an aromatic ring is 1. The third-order valence-electron chi connectivity index (χ3n) is 6.23. The van der Waals surface area contributed by atoms with Gasteiger partial charge >= 0.3 is 11.9 Å². The van der Waals surface area contributed by atoms with Crippen LogP contribution in [0.25, 0.3) is 33.4 Å². The zero-order valence-corrected chi connectivity index (χ0v) is 25.8. The largest absolute Gasteiger partial charge is 0.744 e. The Bertz CT molecular complexity index is 2110. The van der Waals surface area contributed by atoms with Gasteiger partial charge in [0.2, 0.25) is 0 Å². The number of aromatic carboxylic acids is 1. The summed E-state index contributed by atoms with van der Waals surface area (Å²) in [5.74, 6) is -3.16. The summed E-state index contributed by atoms with van der Waals surface area (Å²) in [5.41, 5.74) is 3.23. The number of aliphatic carboxylic acids is 1. The maximum Gasteiger partial charge on any atom is 0.336 e. The van der Waals surface area contributed by atoms with Crippen LogP contribution in [0.3, 0.4) is 0 Å². The summed E-state index contributed by atoms with van der Waals surface area (Å²) < 4.78 is 78.7. The molecule has 1 aliphatic carbocycles. The zero-order chi connectivity index (χ0) is 33.3. The Morgan fingerprint density at radius 2 is 1.56 bits per heavy atom. The van der Waals surface area contributed by atoms with Crippen molar-refractivity contribution in [3.05, 3.63) is 58.9 Å². The highest BCUT2D eigenvalue weighted by Gasteiger charge is 2.29. The number of nitrogens with one attached hydrogen (secondary N) is 2. The molecule has 0 saturated carbocycles. The quantitative estimate of drug-likeness (QED) is 0.0467. The van der Waals surface area contributed by atoms with Crippen LogP contribution in [0.15, 0.2) is 56.7 Å². The third kappa shape index (κ3) is 7.24. The Morgan fingerprint density at radius 1 is 0.911 bits per heavy atom. The smallest absolute Gasteiger partial charge is 0.336 e. The Kier molecular flexibility index (Phi) is 9.80. The van der Waals surface area contributed by atoms with Crippen LogP contribution in [0.5, 0.6) is 0 Å². The summed E-state index contributed by atoms with van der Waals surface area (Å²) in [6, 6.07) is 7.82. The first kappa shape index (κ1) is 33.7. The minimum atomic E-state index is -5.44. The number of nitrogens with two attached hydrogens (primary N) is 1. The normalized spacial score (nSPS) is 12.0. The molecule has 2 aromatic rings. The summed E-state index contributed by atoms with van der Waals surface area (Å²) in [5, 5.41) is 28.4. The molecule has 0 spiro atoms. The van der Waals surface area contributed by atoms with Gasteiger partial charge in [-0.1, -0.05) is 27.7 Å². The molecule has 4 rings (SSSR count). The van der Waals surface area contributed by atoms with Crippen molar-refractivity contribution in [1.82, 2.24) is 5.32 Å². The van der Waals surface area contributed by atoms with Gasteiger partial charge in [-0.05, 0) is 42.0 Å². The minimum absolute atomic E-state index is 0.0197. The van der Waals surface area contributed by atoms with E-state index in [4.69, 9.17) is 20.7 Å². The lowest BCUT2D eigenvalue weighted by Crippen LogP contribution is -2.26. The molecule has 238 valence electrons. The number of amides is 1. The molecule has 1 aliphatic heterocycles. The highest BCUT2D eigenvalue weighted by atomic mass is 33.1. The van der Waals surface area contributed by atoms with Gasteiger partial charge in [0.15, 0.2) is 11.3 Å². The zero-order valence-electron chi connectivity index (χ0n) is 22.6. The molecular weight excluding hydrogens is 675 g/mol. The average Bonchev–Trinajstić information content (AvgIpc) is 2.93. The maximum absolute atomic E-state index is 12.8. The van der Waals surface area contributed by atoms with Gasteiger partial charge in [-0.3, -0.25) is 15.0 Å². The van der Waals surface area contributed by atoms with Crippen molar-refractivity contribution >= 4 is 76.3 Å². The number of carboxylic acids is 2. The van der Waals surface area contributed by atoms with Crippen molar-refractivity contribution in [2.75, 3.05) is 23.8 Å². The van der Waals surface area contributed by atoms with Gasteiger partial charge in [-0.2, -0.15) is 0 Å². The van der Waals surface area contributed by atoms with E-state index in [2.05, 4.69) is 5.32 Å². The predicted molar refractivity (Wildman–Crippen MR) is 161 cm³/mol. The minimum Gasteiger partial charge on any atom is -0.744 e.